The maximum Gasteiger partial charge on any atom is 0.176 e. The van der Waals surface area contributed by atoms with Gasteiger partial charge in [0.15, 0.2) is 6.23 Å². The third-order valence-corrected chi connectivity index (χ3v) is 2.05. The summed E-state index contributed by atoms with van der Waals surface area (Å²) in [6, 6.07) is 0.507. The van der Waals surface area contributed by atoms with Crippen LogP contribution >= 0.6 is 0 Å². The van der Waals surface area contributed by atoms with Crippen molar-refractivity contribution in [2.24, 2.45) is 5.41 Å². The van der Waals surface area contributed by atoms with Crippen LogP contribution in [-0.4, -0.2) is 17.2 Å². The average Bonchev–Trinajstić information content (AvgIpc) is 2.30. The Kier molecular flexibility index (Phi) is 2.36. The zero-order valence-corrected chi connectivity index (χ0v) is 8.66. The van der Waals surface area contributed by atoms with E-state index in [1.807, 2.05) is 6.20 Å². The summed E-state index contributed by atoms with van der Waals surface area (Å²) in [6.45, 7) is 10.9. The van der Waals surface area contributed by atoms with Crippen molar-refractivity contribution in [2.45, 2.75) is 46.9 Å². The van der Waals surface area contributed by atoms with Gasteiger partial charge in [0, 0.05) is 17.7 Å². The maximum absolute atomic E-state index is 5.54. The van der Waals surface area contributed by atoms with E-state index in [1.165, 1.54) is 0 Å². The molecule has 0 radical (unpaired) electrons. The Balaban J connectivity index is 2.69. The monoisotopic (exact) mass is 169 g/mol. The van der Waals surface area contributed by atoms with Gasteiger partial charge in [-0.2, -0.15) is 0 Å². The third kappa shape index (κ3) is 1.74. The minimum atomic E-state index is 0.174. The molecule has 0 amide bonds. The van der Waals surface area contributed by atoms with Crippen molar-refractivity contribution in [3.05, 3.63) is 12.5 Å². The van der Waals surface area contributed by atoms with Crippen LogP contribution in [0.15, 0.2) is 12.5 Å². The van der Waals surface area contributed by atoms with Gasteiger partial charge in [0.25, 0.3) is 0 Å². The summed E-state index contributed by atoms with van der Waals surface area (Å²) < 4.78 is 5.54. The molecule has 0 aliphatic carbocycles. The van der Waals surface area contributed by atoms with Crippen molar-refractivity contribution in [1.82, 2.24) is 4.90 Å². The predicted octanol–water partition coefficient (Wildman–Crippen LogP) is 2.57. The van der Waals surface area contributed by atoms with Gasteiger partial charge < -0.3 is 9.64 Å². The largest absolute Gasteiger partial charge is 0.476 e. The number of nitrogens with zero attached hydrogens (tertiary/aromatic N) is 1. The van der Waals surface area contributed by atoms with E-state index in [-0.39, 0.29) is 11.6 Å². The zero-order valence-electron chi connectivity index (χ0n) is 8.66. The Morgan fingerprint density at radius 3 is 2.25 bits per heavy atom. The van der Waals surface area contributed by atoms with Gasteiger partial charge in [-0.3, -0.25) is 0 Å². The highest BCUT2D eigenvalue weighted by atomic mass is 16.5. The van der Waals surface area contributed by atoms with E-state index in [0.717, 1.165) is 0 Å². The molecule has 12 heavy (non-hydrogen) atoms. The molecule has 0 aromatic heterocycles. The fourth-order valence-electron chi connectivity index (χ4n) is 1.42. The Labute approximate surface area is 75.2 Å². The van der Waals surface area contributed by atoms with Gasteiger partial charge in [0.1, 0.15) is 6.26 Å². The predicted molar refractivity (Wildman–Crippen MR) is 50.4 cm³/mol. The molecule has 1 heterocycles. The standard InChI is InChI=1S/C10H19NO/c1-8(2)11-6-7-12-9(11)10(3,4)5/h6-9H,1-5H3. The van der Waals surface area contributed by atoms with Crippen molar-refractivity contribution >= 4 is 0 Å². The molecular formula is C10H19NO. The first-order valence-corrected chi connectivity index (χ1v) is 4.52. The molecule has 1 unspecified atom stereocenters. The van der Waals surface area contributed by atoms with Crippen LogP contribution in [0.25, 0.3) is 0 Å². The molecule has 0 saturated heterocycles. The Morgan fingerprint density at radius 2 is 1.92 bits per heavy atom. The molecule has 0 fully saturated rings. The Morgan fingerprint density at radius 1 is 1.33 bits per heavy atom. The Bertz CT molecular complexity index is 179. The van der Waals surface area contributed by atoms with Gasteiger partial charge in [-0.15, -0.1) is 0 Å². The molecular weight excluding hydrogens is 150 g/mol. The first-order chi connectivity index (χ1) is 5.43. The van der Waals surface area contributed by atoms with Crippen molar-refractivity contribution in [3.8, 4) is 0 Å². The minimum absolute atomic E-state index is 0.174. The molecule has 0 aromatic rings. The zero-order chi connectivity index (χ0) is 9.35. The molecule has 0 bridgehead atoms. The van der Waals surface area contributed by atoms with Crippen molar-refractivity contribution in [1.29, 1.82) is 0 Å². The van der Waals surface area contributed by atoms with Gasteiger partial charge in [-0.1, -0.05) is 20.8 Å². The number of ether oxygens (including phenoxy) is 1. The van der Waals surface area contributed by atoms with Crippen LogP contribution < -0.4 is 0 Å². The number of hydrogen-bond donors (Lipinski definition) is 0. The summed E-state index contributed by atoms with van der Waals surface area (Å²) in [5.41, 5.74) is 0.174. The molecule has 0 N–H and O–H groups in total. The van der Waals surface area contributed by atoms with Crippen LogP contribution in [-0.2, 0) is 4.74 Å². The molecule has 1 atom stereocenters. The SMILES string of the molecule is CC(C)N1C=COC1C(C)(C)C. The van der Waals surface area contributed by atoms with Crippen LogP contribution in [0.5, 0.6) is 0 Å². The second-order valence-corrected chi connectivity index (χ2v) is 4.68. The first kappa shape index (κ1) is 9.43. The number of hydrogen-bond acceptors (Lipinski definition) is 2. The smallest absolute Gasteiger partial charge is 0.176 e. The summed E-state index contributed by atoms with van der Waals surface area (Å²) >= 11 is 0. The van der Waals surface area contributed by atoms with Crippen LogP contribution in [0.3, 0.4) is 0 Å². The minimum Gasteiger partial charge on any atom is -0.476 e. The van der Waals surface area contributed by atoms with E-state index in [1.54, 1.807) is 6.26 Å². The van der Waals surface area contributed by atoms with Crippen LogP contribution in [0.4, 0.5) is 0 Å². The van der Waals surface area contributed by atoms with E-state index in [0.29, 0.717) is 6.04 Å². The molecule has 1 rings (SSSR count). The summed E-state index contributed by atoms with van der Waals surface area (Å²) in [5, 5.41) is 0. The molecule has 1 aliphatic rings. The highest BCUT2D eigenvalue weighted by Gasteiger charge is 2.33. The highest BCUT2D eigenvalue weighted by molar-refractivity contribution is 4.93. The third-order valence-electron chi connectivity index (χ3n) is 2.05. The van der Waals surface area contributed by atoms with Gasteiger partial charge >= 0.3 is 0 Å². The summed E-state index contributed by atoms with van der Waals surface area (Å²) in [6.07, 6.45) is 4.01. The summed E-state index contributed by atoms with van der Waals surface area (Å²) in [7, 11) is 0. The van der Waals surface area contributed by atoms with Crippen LogP contribution in [0, 0.1) is 5.41 Å². The highest BCUT2D eigenvalue weighted by Crippen LogP contribution is 2.30. The van der Waals surface area contributed by atoms with Gasteiger partial charge in [-0.05, 0) is 13.8 Å². The summed E-state index contributed by atoms with van der Waals surface area (Å²) in [5.74, 6) is 0. The molecule has 0 spiro atoms. The van der Waals surface area contributed by atoms with Gasteiger partial charge in [-0.25, -0.2) is 0 Å². The van der Waals surface area contributed by atoms with Crippen molar-refractivity contribution in [3.63, 3.8) is 0 Å². The molecule has 0 aromatic carbocycles. The summed E-state index contributed by atoms with van der Waals surface area (Å²) in [4.78, 5) is 2.25. The first-order valence-electron chi connectivity index (χ1n) is 4.52. The maximum atomic E-state index is 5.54. The lowest BCUT2D eigenvalue weighted by molar-refractivity contribution is -0.0404. The lowest BCUT2D eigenvalue weighted by Gasteiger charge is -2.36. The number of rotatable bonds is 1. The van der Waals surface area contributed by atoms with Crippen molar-refractivity contribution in [2.75, 3.05) is 0 Å². The lowest BCUT2D eigenvalue weighted by atomic mass is 9.93. The Hall–Kier alpha value is -0.660. The second-order valence-electron chi connectivity index (χ2n) is 4.68. The lowest BCUT2D eigenvalue weighted by Crippen LogP contribution is -2.42. The molecule has 2 heteroatoms. The van der Waals surface area contributed by atoms with Gasteiger partial charge in [0.05, 0.1) is 0 Å². The molecule has 2 nitrogen and oxygen atoms in total. The van der Waals surface area contributed by atoms with Crippen LogP contribution in [0.1, 0.15) is 34.6 Å². The van der Waals surface area contributed by atoms with E-state index < -0.39 is 0 Å². The normalized spacial score (nSPS) is 23.5. The second kappa shape index (κ2) is 3.00. The van der Waals surface area contributed by atoms with E-state index in [9.17, 15) is 0 Å². The topological polar surface area (TPSA) is 12.5 Å². The van der Waals surface area contributed by atoms with Gasteiger partial charge in [0.2, 0.25) is 0 Å². The fraction of sp³-hybridized carbons (Fsp3) is 0.800. The van der Waals surface area contributed by atoms with E-state index >= 15 is 0 Å². The molecule has 70 valence electrons. The van der Waals surface area contributed by atoms with E-state index in [4.69, 9.17) is 4.74 Å². The average molecular weight is 169 g/mol. The molecule has 0 saturated carbocycles. The van der Waals surface area contributed by atoms with Crippen molar-refractivity contribution < 1.29 is 4.74 Å². The van der Waals surface area contributed by atoms with Crippen LogP contribution in [0.2, 0.25) is 0 Å². The fourth-order valence-corrected chi connectivity index (χ4v) is 1.42. The van der Waals surface area contributed by atoms with E-state index in [2.05, 4.69) is 39.5 Å². The quantitative estimate of drug-likeness (QED) is 0.598. The molecule has 1 aliphatic heterocycles.